The molecule has 0 aliphatic rings. The molecule has 98 valence electrons. The number of rotatable bonds is 5. The number of hydrogen-bond donors (Lipinski definition) is 1. The van der Waals surface area contributed by atoms with Crippen LogP contribution in [-0.4, -0.2) is 23.5 Å². The van der Waals surface area contributed by atoms with Gasteiger partial charge in [0.25, 0.3) is 0 Å². The number of carbonyl (C=O) groups is 2. The topological polar surface area (TPSA) is 57.6 Å². The lowest BCUT2D eigenvalue weighted by Crippen LogP contribution is -2.38. The van der Waals surface area contributed by atoms with Crippen LogP contribution in [0.1, 0.15) is 26.3 Å². The molecule has 0 heterocycles. The molecule has 0 bridgehead atoms. The lowest BCUT2D eigenvalue weighted by atomic mass is 10.1. The predicted octanol–water partition coefficient (Wildman–Crippen LogP) is 2.32. The van der Waals surface area contributed by atoms with E-state index in [4.69, 9.17) is 5.11 Å². The number of aryl methyl sites for hydroxylation is 1. The van der Waals surface area contributed by atoms with E-state index >= 15 is 0 Å². The van der Waals surface area contributed by atoms with Gasteiger partial charge in [0.1, 0.15) is 6.54 Å². The largest absolute Gasteiger partial charge is 0.480 e. The Labute approximate surface area is 107 Å². The van der Waals surface area contributed by atoms with Crippen LogP contribution in [0.15, 0.2) is 24.3 Å². The molecule has 0 aliphatic carbocycles. The van der Waals surface area contributed by atoms with Crippen molar-refractivity contribution in [2.24, 2.45) is 5.92 Å². The first-order valence-electron chi connectivity index (χ1n) is 6.07. The van der Waals surface area contributed by atoms with Gasteiger partial charge >= 0.3 is 5.97 Å². The quantitative estimate of drug-likeness (QED) is 0.871. The number of carboxylic acid groups (broad SMARTS) is 1. The predicted molar refractivity (Wildman–Crippen MR) is 70.6 cm³/mol. The molecule has 0 saturated carbocycles. The lowest BCUT2D eigenvalue weighted by molar-refractivity contribution is -0.137. The van der Waals surface area contributed by atoms with E-state index in [0.717, 1.165) is 12.0 Å². The molecular formula is C14H19NO3. The third-order valence-corrected chi connectivity index (χ3v) is 2.71. The van der Waals surface area contributed by atoms with Crippen LogP contribution < -0.4 is 4.90 Å². The number of nitrogens with zero attached hydrogens (tertiary/aromatic N) is 1. The molecule has 0 unspecified atom stereocenters. The van der Waals surface area contributed by atoms with Crippen LogP contribution in [0.4, 0.5) is 5.69 Å². The van der Waals surface area contributed by atoms with E-state index in [1.54, 1.807) is 26.0 Å². The number of carbonyl (C=O) groups excluding carboxylic acids is 1. The Kier molecular flexibility index (Phi) is 4.89. The van der Waals surface area contributed by atoms with Gasteiger partial charge in [-0.05, 0) is 24.1 Å². The van der Waals surface area contributed by atoms with Crippen molar-refractivity contribution in [1.29, 1.82) is 0 Å². The number of carboxylic acids is 1. The Morgan fingerprint density at radius 2 is 1.78 bits per heavy atom. The highest BCUT2D eigenvalue weighted by Gasteiger charge is 2.21. The SMILES string of the molecule is CCc1ccc(N(CC(=O)O)C(=O)C(C)C)cc1. The molecule has 4 heteroatoms. The first kappa shape index (κ1) is 14.2. The Morgan fingerprint density at radius 1 is 1.22 bits per heavy atom. The summed E-state index contributed by atoms with van der Waals surface area (Å²) < 4.78 is 0. The van der Waals surface area contributed by atoms with Gasteiger partial charge in [-0.1, -0.05) is 32.9 Å². The fraction of sp³-hybridized carbons (Fsp3) is 0.429. The van der Waals surface area contributed by atoms with Crippen LogP contribution in [0.2, 0.25) is 0 Å². The number of anilines is 1. The summed E-state index contributed by atoms with van der Waals surface area (Å²) in [5.74, 6) is -1.42. The average Bonchev–Trinajstić information content (AvgIpc) is 2.35. The third kappa shape index (κ3) is 3.58. The van der Waals surface area contributed by atoms with Gasteiger partial charge < -0.3 is 10.0 Å². The van der Waals surface area contributed by atoms with E-state index in [1.165, 1.54) is 4.90 Å². The van der Waals surface area contributed by atoms with Crippen molar-refractivity contribution in [3.05, 3.63) is 29.8 Å². The van der Waals surface area contributed by atoms with Gasteiger partial charge in [0.15, 0.2) is 0 Å². The minimum atomic E-state index is -1.01. The normalized spacial score (nSPS) is 10.4. The zero-order valence-corrected chi connectivity index (χ0v) is 11.0. The molecular weight excluding hydrogens is 230 g/mol. The summed E-state index contributed by atoms with van der Waals surface area (Å²) >= 11 is 0. The molecule has 0 atom stereocenters. The number of amides is 1. The van der Waals surface area contributed by atoms with Crippen LogP contribution >= 0.6 is 0 Å². The zero-order valence-electron chi connectivity index (χ0n) is 11.0. The maximum atomic E-state index is 12.0. The van der Waals surface area contributed by atoms with E-state index in [0.29, 0.717) is 5.69 Å². The molecule has 0 saturated heterocycles. The fourth-order valence-corrected chi connectivity index (χ4v) is 1.65. The van der Waals surface area contributed by atoms with Gasteiger partial charge in [-0.15, -0.1) is 0 Å². The second kappa shape index (κ2) is 6.19. The molecule has 0 spiro atoms. The average molecular weight is 249 g/mol. The first-order valence-corrected chi connectivity index (χ1v) is 6.07. The first-order chi connectivity index (χ1) is 8.45. The second-order valence-corrected chi connectivity index (χ2v) is 4.49. The summed E-state index contributed by atoms with van der Waals surface area (Å²) in [6.45, 7) is 5.26. The molecule has 4 nitrogen and oxygen atoms in total. The van der Waals surface area contributed by atoms with Crippen molar-refractivity contribution >= 4 is 17.6 Å². The van der Waals surface area contributed by atoms with E-state index in [9.17, 15) is 9.59 Å². The van der Waals surface area contributed by atoms with E-state index in [2.05, 4.69) is 0 Å². The van der Waals surface area contributed by atoms with Crippen molar-refractivity contribution in [2.45, 2.75) is 27.2 Å². The highest BCUT2D eigenvalue weighted by atomic mass is 16.4. The molecule has 0 aromatic heterocycles. The minimum absolute atomic E-state index is 0.179. The van der Waals surface area contributed by atoms with Gasteiger partial charge in [0, 0.05) is 11.6 Å². The smallest absolute Gasteiger partial charge is 0.323 e. The van der Waals surface area contributed by atoms with Crippen LogP contribution in [0.25, 0.3) is 0 Å². The summed E-state index contributed by atoms with van der Waals surface area (Å²) in [4.78, 5) is 24.1. The Balaban J connectivity index is 3.00. The van der Waals surface area contributed by atoms with Crippen LogP contribution in [0.3, 0.4) is 0 Å². The monoisotopic (exact) mass is 249 g/mol. The highest BCUT2D eigenvalue weighted by Crippen LogP contribution is 2.18. The van der Waals surface area contributed by atoms with Crippen LogP contribution in [0.5, 0.6) is 0 Å². The third-order valence-electron chi connectivity index (χ3n) is 2.71. The summed E-state index contributed by atoms with van der Waals surface area (Å²) in [6, 6.07) is 7.42. The molecule has 0 fully saturated rings. The Hall–Kier alpha value is -1.84. The van der Waals surface area contributed by atoms with Crippen molar-refractivity contribution in [3.63, 3.8) is 0 Å². The summed E-state index contributed by atoms with van der Waals surface area (Å²) in [6.07, 6.45) is 0.914. The summed E-state index contributed by atoms with van der Waals surface area (Å²) in [5, 5.41) is 8.88. The highest BCUT2D eigenvalue weighted by molar-refractivity contribution is 5.98. The van der Waals surface area contributed by atoms with Gasteiger partial charge in [0.05, 0.1) is 0 Å². The fourth-order valence-electron chi connectivity index (χ4n) is 1.65. The maximum absolute atomic E-state index is 12.0. The van der Waals surface area contributed by atoms with Crippen molar-refractivity contribution in [3.8, 4) is 0 Å². The molecule has 1 amide bonds. The molecule has 1 aromatic carbocycles. The van der Waals surface area contributed by atoms with Crippen LogP contribution in [0, 0.1) is 5.92 Å². The summed E-state index contributed by atoms with van der Waals surface area (Å²) in [5.41, 5.74) is 1.79. The lowest BCUT2D eigenvalue weighted by Gasteiger charge is -2.23. The second-order valence-electron chi connectivity index (χ2n) is 4.49. The van der Waals surface area contributed by atoms with E-state index in [1.807, 2.05) is 19.1 Å². The standard InChI is InChI=1S/C14H19NO3/c1-4-11-5-7-12(8-6-11)15(9-13(16)17)14(18)10(2)3/h5-8,10H,4,9H2,1-3H3,(H,16,17). The molecule has 18 heavy (non-hydrogen) atoms. The molecule has 1 aromatic rings. The van der Waals surface area contributed by atoms with Gasteiger partial charge in [-0.3, -0.25) is 9.59 Å². The number of aliphatic carboxylic acids is 1. The Morgan fingerprint density at radius 3 is 2.17 bits per heavy atom. The van der Waals surface area contributed by atoms with Gasteiger partial charge in [-0.2, -0.15) is 0 Å². The molecule has 1 rings (SSSR count). The van der Waals surface area contributed by atoms with E-state index < -0.39 is 5.97 Å². The van der Waals surface area contributed by atoms with Gasteiger partial charge in [0.2, 0.25) is 5.91 Å². The van der Waals surface area contributed by atoms with Crippen molar-refractivity contribution < 1.29 is 14.7 Å². The van der Waals surface area contributed by atoms with E-state index in [-0.39, 0.29) is 18.4 Å². The zero-order chi connectivity index (χ0) is 13.7. The molecule has 0 radical (unpaired) electrons. The van der Waals surface area contributed by atoms with Crippen LogP contribution in [-0.2, 0) is 16.0 Å². The van der Waals surface area contributed by atoms with Crippen molar-refractivity contribution in [1.82, 2.24) is 0 Å². The molecule has 0 aliphatic heterocycles. The van der Waals surface area contributed by atoms with Crippen molar-refractivity contribution in [2.75, 3.05) is 11.4 Å². The number of benzene rings is 1. The Bertz CT molecular complexity index is 423. The minimum Gasteiger partial charge on any atom is -0.480 e. The number of hydrogen-bond acceptors (Lipinski definition) is 2. The summed E-state index contributed by atoms with van der Waals surface area (Å²) in [7, 11) is 0. The maximum Gasteiger partial charge on any atom is 0.323 e. The molecule has 1 N–H and O–H groups in total. The van der Waals surface area contributed by atoms with Gasteiger partial charge in [-0.25, -0.2) is 0 Å².